The Bertz CT molecular complexity index is 335. The van der Waals surface area contributed by atoms with Crippen LogP contribution < -0.4 is 10.7 Å². The number of rotatable bonds is 3. The summed E-state index contributed by atoms with van der Waals surface area (Å²) in [6.45, 7) is 4.03. The molecule has 0 amide bonds. The Morgan fingerprint density at radius 1 is 1.60 bits per heavy atom. The third-order valence-electron chi connectivity index (χ3n) is 1.48. The molecule has 1 aromatic rings. The maximum absolute atomic E-state index is 4.99. The van der Waals surface area contributed by atoms with Gasteiger partial charge in [-0.25, -0.2) is 0 Å². The fourth-order valence-corrected chi connectivity index (χ4v) is 1.20. The lowest BCUT2D eigenvalue weighted by atomic mass is 10.3. The molecule has 1 rings (SSSR count). The van der Waals surface area contributed by atoms with Gasteiger partial charge >= 0.3 is 0 Å². The number of hydrogen-bond acceptors (Lipinski definition) is 3. The van der Waals surface area contributed by atoms with Gasteiger partial charge in [-0.1, -0.05) is 6.07 Å². The zero-order valence-corrected chi connectivity index (χ0v) is 9.58. The highest BCUT2D eigenvalue weighted by molar-refractivity contribution is 7.80. The van der Waals surface area contributed by atoms with Gasteiger partial charge in [-0.2, -0.15) is 5.10 Å². The summed E-state index contributed by atoms with van der Waals surface area (Å²) in [5.41, 5.74) is 3.65. The van der Waals surface area contributed by atoms with Crippen molar-refractivity contribution in [1.29, 1.82) is 0 Å². The van der Waals surface area contributed by atoms with Gasteiger partial charge in [-0.3, -0.25) is 10.4 Å². The van der Waals surface area contributed by atoms with Gasteiger partial charge in [-0.15, -0.1) is 0 Å². The molecule has 15 heavy (non-hydrogen) atoms. The van der Waals surface area contributed by atoms with Crippen molar-refractivity contribution < 1.29 is 0 Å². The van der Waals surface area contributed by atoms with Crippen LogP contribution in [0.25, 0.3) is 0 Å². The van der Waals surface area contributed by atoms with Crippen molar-refractivity contribution in [3.63, 3.8) is 0 Å². The quantitative estimate of drug-likeness (QED) is 0.459. The van der Waals surface area contributed by atoms with Crippen molar-refractivity contribution in [2.45, 2.75) is 19.9 Å². The lowest BCUT2D eigenvalue weighted by Crippen LogP contribution is -2.36. The molecule has 0 aliphatic rings. The first-order chi connectivity index (χ1) is 7.18. The van der Waals surface area contributed by atoms with Crippen molar-refractivity contribution in [2.24, 2.45) is 5.10 Å². The molecule has 4 nitrogen and oxygen atoms in total. The van der Waals surface area contributed by atoms with Gasteiger partial charge in [0.2, 0.25) is 0 Å². The minimum Gasteiger partial charge on any atom is -0.359 e. The Morgan fingerprint density at radius 3 is 3.00 bits per heavy atom. The van der Waals surface area contributed by atoms with E-state index in [2.05, 4.69) is 20.8 Å². The van der Waals surface area contributed by atoms with Gasteiger partial charge in [0.05, 0.1) is 6.21 Å². The molecule has 0 spiro atoms. The van der Waals surface area contributed by atoms with Crippen LogP contribution in [0.5, 0.6) is 0 Å². The Balaban J connectivity index is 2.37. The average molecular weight is 222 g/mol. The highest BCUT2D eigenvalue weighted by Crippen LogP contribution is 1.89. The van der Waals surface area contributed by atoms with E-state index in [-0.39, 0.29) is 0 Å². The zero-order valence-electron chi connectivity index (χ0n) is 8.77. The molecule has 0 aliphatic carbocycles. The molecule has 0 unspecified atom stereocenters. The second-order valence-corrected chi connectivity index (χ2v) is 3.69. The monoisotopic (exact) mass is 222 g/mol. The van der Waals surface area contributed by atoms with E-state index in [1.165, 1.54) is 0 Å². The van der Waals surface area contributed by atoms with Gasteiger partial charge in [0.15, 0.2) is 5.11 Å². The van der Waals surface area contributed by atoms with Gasteiger partial charge in [0.25, 0.3) is 0 Å². The standard InChI is InChI=1S/C10H14N4S/c1-8(2)13-10(15)14-12-7-9-4-3-5-11-6-9/h3-8H,1-2H3,(H2,13,14,15)/b12-7+. The summed E-state index contributed by atoms with van der Waals surface area (Å²) in [6.07, 6.45) is 5.11. The molecular formula is C10H14N4S. The molecule has 80 valence electrons. The van der Waals surface area contributed by atoms with Crippen LogP contribution in [0.15, 0.2) is 29.6 Å². The molecule has 0 atom stereocenters. The third-order valence-corrected chi connectivity index (χ3v) is 1.69. The molecule has 0 saturated heterocycles. The Kier molecular flexibility index (Phi) is 4.70. The van der Waals surface area contributed by atoms with E-state index in [9.17, 15) is 0 Å². The largest absolute Gasteiger partial charge is 0.359 e. The molecule has 0 aromatic carbocycles. The summed E-state index contributed by atoms with van der Waals surface area (Å²) in [4.78, 5) is 3.96. The van der Waals surface area contributed by atoms with Crippen LogP contribution in [0.1, 0.15) is 19.4 Å². The van der Waals surface area contributed by atoms with Crippen molar-refractivity contribution in [1.82, 2.24) is 15.7 Å². The van der Waals surface area contributed by atoms with Crippen LogP contribution in [0, 0.1) is 0 Å². The first-order valence-corrected chi connectivity index (χ1v) is 5.09. The zero-order chi connectivity index (χ0) is 11.1. The predicted molar refractivity (Wildman–Crippen MR) is 65.8 cm³/mol. The predicted octanol–water partition coefficient (Wildman–Crippen LogP) is 1.29. The van der Waals surface area contributed by atoms with Crippen LogP contribution in [0.2, 0.25) is 0 Å². The summed E-state index contributed by atoms with van der Waals surface area (Å²) in [5.74, 6) is 0. The molecule has 0 bridgehead atoms. The first kappa shape index (κ1) is 11.6. The number of nitrogens with one attached hydrogen (secondary N) is 2. The summed E-state index contributed by atoms with van der Waals surface area (Å²) in [7, 11) is 0. The second-order valence-electron chi connectivity index (χ2n) is 3.28. The molecule has 0 aliphatic heterocycles. The molecule has 0 radical (unpaired) electrons. The van der Waals surface area contributed by atoms with Gasteiger partial charge in [0.1, 0.15) is 0 Å². The normalized spacial score (nSPS) is 10.6. The second kappa shape index (κ2) is 6.08. The number of nitrogens with zero attached hydrogens (tertiary/aromatic N) is 2. The SMILES string of the molecule is CC(C)NC(=S)N/N=C/c1cccnc1. The molecule has 5 heteroatoms. The highest BCUT2D eigenvalue weighted by atomic mass is 32.1. The number of pyridine rings is 1. The van der Waals surface area contributed by atoms with Crippen molar-refractivity contribution >= 4 is 23.5 Å². The number of hydrogen-bond donors (Lipinski definition) is 2. The van der Waals surface area contributed by atoms with E-state index in [1.54, 1.807) is 18.6 Å². The molecule has 0 saturated carbocycles. The van der Waals surface area contributed by atoms with Crippen LogP contribution in [0.3, 0.4) is 0 Å². The van der Waals surface area contributed by atoms with E-state index < -0.39 is 0 Å². The molecule has 0 fully saturated rings. The summed E-state index contributed by atoms with van der Waals surface area (Å²) in [6, 6.07) is 4.07. The summed E-state index contributed by atoms with van der Waals surface area (Å²) >= 11 is 4.99. The maximum atomic E-state index is 4.99. The van der Waals surface area contributed by atoms with E-state index in [1.807, 2.05) is 26.0 Å². The maximum Gasteiger partial charge on any atom is 0.187 e. The van der Waals surface area contributed by atoms with Crippen LogP contribution in [-0.4, -0.2) is 22.4 Å². The smallest absolute Gasteiger partial charge is 0.187 e. The van der Waals surface area contributed by atoms with Crippen molar-refractivity contribution in [2.75, 3.05) is 0 Å². The molecule has 1 heterocycles. The Labute approximate surface area is 94.8 Å². The fourth-order valence-electron chi connectivity index (χ4n) is 0.912. The minimum atomic E-state index is 0.304. The van der Waals surface area contributed by atoms with E-state index in [0.717, 1.165) is 5.56 Å². The highest BCUT2D eigenvalue weighted by Gasteiger charge is 1.94. The van der Waals surface area contributed by atoms with E-state index in [0.29, 0.717) is 11.2 Å². The molecule has 2 N–H and O–H groups in total. The minimum absolute atomic E-state index is 0.304. The first-order valence-electron chi connectivity index (χ1n) is 4.68. The van der Waals surface area contributed by atoms with Crippen LogP contribution >= 0.6 is 12.2 Å². The molecule has 1 aromatic heterocycles. The summed E-state index contributed by atoms with van der Waals surface area (Å²) in [5, 5.41) is 7.51. The van der Waals surface area contributed by atoms with E-state index in [4.69, 9.17) is 12.2 Å². The van der Waals surface area contributed by atoms with E-state index >= 15 is 0 Å². The average Bonchev–Trinajstić information content (AvgIpc) is 2.18. The fraction of sp³-hybridized carbons (Fsp3) is 0.300. The Morgan fingerprint density at radius 2 is 2.40 bits per heavy atom. The third kappa shape index (κ3) is 5.07. The lowest BCUT2D eigenvalue weighted by Gasteiger charge is -2.09. The lowest BCUT2D eigenvalue weighted by molar-refractivity contribution is 0.720. The number of hydrazone groups is 1. The van der Waals surface area contributed by atoms with Crippen LogP contribution in [0.4, 0.5) is 0 Å². The van der Waals surface area contributed by atoms with Crippen LogP contribution in [-0.2, 0) is 0 Å². The van der Waals surface area contributed by atoms with Gasteiger partial charge in [0, 0.05) is 24.0 Å². The summed E-state index contributed by atoms with van der Waals surface area (Å²) < 4.78 is 0. The number of thiocarbonyl (C=S) groups is 1. The van der Waals surface area contributed by atoms with Gasteiger partial charge < -0.3 is 5.32 Å². The van der Waals surface area contributed by atoms with Crippen molar-refractivity contribution in [3.05, 3.63) is 30.1 Å². The number of aromatic nitrogens is 1. The van der Waals surface area contributed by atoms with Crippen molar-refractivity contribution in [3.8, 4) is 0 Å². The Hall–Kier alpha value is -1.49. The van der Waals surface area contributed by atoms with Gasteiger partial charge in [-0.05, 0) is 32.1 Å². The molecular weight excluding hydrogens is 208 g/mol. The topological polar surface area (TPSA) is 49.3 Å².